The van der Waals surface area contributed by atoms with Crippen LogP contribution in [0.2, 0.25) is 0 Å². The summed E-state index contributed by atoms with van der Waals surface area (Å²) in [6.45, 7) is 5.34. The Hall–Kier alpha value is -2.35. The fourth-order valence-corrected chi connectivity index (χ4v) is 3.79. The Balaban J connectivity index is 1.35. The number of aliphatic imine (C=N–C) groups is 1. The second-order valence-electron chi connectivity index (χ2n) is 7.80. The Bertz CT molecular complexity index is 788. The van der Waals surface area contributed by atoms with Crippen molar-refractivity contribution in [3.05, 3.63) is 60.1 Å². The van der Waals surface area contributed by atoms with E-state index in [2.05, 4.69) is 29.7 Å². The first-order chi connectivity index (χ1) is 14.7. The summed E-state index contributed by atoms with van der Waals surface area (Å²) in [7, 11) is 0. The fourth-order valence-electron chi connectivity index (χ4n) is 3.79. The molecule has 4 rings (SSSR count). The number of nitrogens with zero attached hydrogens (tertiary/aromatic N) is 1. The number of ether oxygens (including phenoxy) is 3. The van der Waals surface area contributed by atoms with Crippen LogP contribution in [0.5, 0.6) is 0 Å². The predicted octanol–water partition coefficient (Wildman–Crippen LogP) is 3.04. The summed E-state index contributed by atoms with van der Waals surface area (Å²) < 4.78 is 23.1. The van der Waals surface area contributed by atoms with Crippen LogP contribution in [0.3, 0.4) is 0 Å². The van der Waals surface area contributed by atoms with E-state index < -0.39 is 5.79 Å². The molecule has 2 atom stereocenters. The number of furan rings is 1. The van der Waals surface area contributed by atoms with Crippen molar-refractivity contribution in [3.63, 3.8) is 0 Å². The first-order valence-electron chi connectivity index (χ1n) is 10.7. The van der Waals surface area contributed by atoms with E-state index in [1.54, 1.807) is 6.26 Å². The van der Waals surface area contributed by atoms with Gasteiger partial charge in [-0.05, 0) is 24.6 Å². The zero-order chi connectivity index (χ0) is 20.7. The van der Waals surface area contributed by atoms with Gasteiger partial charge in [-0.2, -0.15) is 0 Å². The van der Waals surface area contributed by atoms with Crippen LogP contribution < -0.4 is 10.6 Å². The molecule has 1 spiro atoms. The first-order valence-corrected chi connectivity index (χ1v) is 10.7. The summed E-state index contributed by atoms with van der Waals surface area (Å²) in [4.78, 5) is 4.80. The molecule has 162 valence electrons. The second-order valence-corrected chi connectivity index (χ2v) is 7.80. The number of guanidine groups is 1. The maximum absolute atomic E-state index is 6.21. The van der Waals surface area contributed by atoms with E-state index in [9.17, 15) is 0 Å². The molecule has 0 radical (unpaired) electrons. The second kappa shape index (κ2) is 10.1. The molecule has 1 aromatic heterocycles. The molecule has 0 saturated carbocycles. The molecule has 2 unspecified atom stereocenters. The minimum Gasteiger partial charge on any atom is -0.469 e. The third-order valence-electron chi connectivity index (χ3n) is 5.52. The number of benzene rings is 1. The Kier molecular flexibility index (Phi) is 7.04. The van der Waals surface area contributed by atoms with Crippen LogP contribution in [-0.2, 0) is 20.6 Å². The quantitative estimate of drug-likeness (QED) is 0.537. The predicted molar refractivity (Wildman–Crippen MR) is 114 cm³/mol. The van der Waals surface area contributed by atoms with E-state index in [1.165, 1.54) is 5.56 Å². The van der Waals surface area contributed by atoms with Crippen LogP contribution >= 0.6 is 0 Å². The van der Waals surface area contributed by atoms with Crippen LogP contribution in [0.1, 0.15) is 37.1 Å². The molecule has 2 aliphatic rings. The van der Waals surface area contributed by atoms with Crippen molar-refractivity contribution in [3.8, 4) is 0 Å². The van der Waals surface area contributed by atoms with Gasteiger partial charge in [0.1, 0.15) is 11.9 Å². The van der Waals surface area contributed by atoms with E-state index in [1.807, 2.05) is 30.3 Å². The van der Waals surface area contributed by atoms with Gasteiger partial charge in [0.2, 0.25) is 0 Å². The normalized spacial score (nSPS) is 22.2. The maximum Gasteiger partial charge on any atom is 0.191 e. The van der Waals surface area contributed by atoms with Crippen LogP contribution in [-0.4, -0.2) is 50.8 Å². The molecule has 2 aliphatic heterocycles. The lowest BCUT2D eigenvalue weighted by Gasteiger charge is -2.31. The van der Waals surface area contributed by atoms with Gasteiger partial charge in [0.05, 0.1) is 38.7 Å². The molecule has 30 heavy (non-hydrogen) atoms. The van der Waals surface area contributed by atoms with E-state index >= 15 is 0 Å². The molecule has 0 bridgehead atoms. The fraction of sp³-hybridized carbons (Fsp3) is 0.522. The molecule has 7 heteroatoms. The van der Waals surface area contributed by atoms with Gasteiger partial charge in [-0.1, -0.05) is 30.3 Å². The summed E-state index contributed by atoms with van der Waals surface area (Å²) in [5.74, 6) is 1.23. The maximum atomic E-state index is 6.21. The van der Waals surface area contributed by atoms with Crippen LogP contribution in [0.25, 0.3) is 0 Å². The Labute approximate surface area is 177 Å². The summed E-state index contributed by atoms with van der Waals surface area (Å²) >= 11 is 0. The van der Waals surface area contributed by atoms with E-state index in [0.717, 1.165) is 37.5 Å². The van der Waals surface area contributed by atoms with Gasteiger partial charge in [0, 0.05) is 25.8 Å². The van der Waals surface area contributed by atoms with Crippen molar-refractivity contribution in [1.29, 1.82) is 0 Å². The van der Waals surface area contributed by atoms with Gasteiger partial charge in [0.25, 0.3) is 0 Å². The average molecular weight is 414 g/mol. The lowest BCUT2D eigenvalue weighted by molar-refractivity contribution is -0.210. The number of rotatable bonds is 7. The van der Waals surface area contributed by atoms with Crippen LogP contribution in [0.4, 0.5) is 0 Å². The lowest BCUT2D eigenvalue weighted by atomic mass is 10.1. The molecule has 2 N–H and O–H groups in total. The van der Waals surface area contributed by atoms with Crippen molar-refractivity contribution in [2.75, 3.05) is 32.9 Å². The zero-order valence-electron chi connectivity index (χ0n) is 17.5. The minimum absolute atomic E-state index is 0.0428. The molecule has 2 aromatic rings. The molecule has 2 fully saturated rings. The van der Waals surface area contributed by atoms with Gasteiger partial charge < -0.3 is 29.3 Å². The molecule has 0 amide bonds. The Morgan fingerprint density at radius 2 is 2.00 bits per heavy atom. The third-order valence-corrected chi connectivity index (χ3v) is 5.52. The Morgan fingerprint density at radius 3 is 2.77 bits per heavy atom. The van der Waals surface area contributed by atoms with Gasteiger partial charge >= 0.3 is 0 Å². The minimum atomic E-state index is -0.476. The van der Waals surface area contributed by atoms with Gasteiger partial charge in [-0.15, -0.1) is 0 Å². The largest absolute Gasteiger partial charge is 0.469 e. The third kappa shape index (κ3) is 5.62. The SMILES string of the molecule is CC(NC(=NCC1COC2(CCOCC2)O1)NCCc1ccco1)c1ccccc1. The zero-order valence-corrected chi connectivity index (χ0v) is 17.5. The summed E-state index contributed by atoms with van der Waals surface area (Å²) in [6.07, 6.45) is 4.01. The highest BCUT2D eigenvalue weighted by Gasteiger charge is 2.42. The molecule has 3 heterocycles. The lowest BCUT2D eigenvalue weighted by Crippen LogP contribution is -2.41. The van der Waals surface area contributed by atoms with Crippen molar-refractivity contribution < 1.29 is 18.6 Å². The van der Waals surface area contributed by atoms with Crippen LogP contribution in [0.15, 0.2) is 58.1 Å². The number of nitrogens with one attached hydrogen (secondary N) is 2. The summed E-state index contributed by atoms with van der Waals surface area (Å²) in [5.41, 5.74) is 1.21. The van der Waals surface area contributed by atoms with Crippen molar-refractivity contribution in [1.82, 2.24) is 10.6 Å². The topological polar surface area (TPSA) is 77.3 Å². The van der Waals surface area contributed by atoms with E-state index in [0.29, 0.717) is 26.4 Å². The smallest absolute Gasteiger partial charge is 0.191 e. The molecule has 0 aliphatic carbocycles. The molecule has 2 saturated heterocycles. The number of hydrogen-bond donors (Lipinski definition) is 2. The average Bonchev–Trinajstić information content (AvgIpc) is 3.43. The summed E-state index contributed by atoms with van der Waals surface area (Å²) in [6, 6.07) is 14.4. The molecule has 7 nitrogen and oxygen atoms in total. The van der Waals surface area contributed by atoms with Gasteiger partial charge in [-0.25, -0.2) is 0 Å². The molecular formula is C23H31N3O4. The molecule has 1 aromatic carbocycles. The first kappa shape index (κ1) is 20.9. The number of hydrogen-bond acceptors (Lipinski definition) is 5. The van der Waals surface area contributed by atoms with Crippen molar-refractivity contribution in [2.24, 2.45) is 4.99 Å². The molecular weight excluding hydrogens is 382 g/mol. The van der Waals surface area contributed by atoms with Gasteiger partial charge in [0.15, 0.2) is 11.7 Å². The highest BCUT2D eigenvalue weighted by atomic mass is 16.7. The van der Waals surface area contributed by atoms with Gasteiger partial charge in [-0.3, -0.25) is 4.99 Å². The highest BCUT2D eigenvalue weighted by molar-refractivity contribution is 5.80. The highest BCUT2D eigenvalue weighted by Crippen LogP contribution is 2.33. The van der Waals surface area contributed by atoms with Crippen molar-refractivity contribution >= 4 is 5.96 Å². The summed E-state index contributed by atoms with van der Waals surface area (Å²) in [5, 5.41) is 6.92. The Morgan fingerprint density at radius 1 is 1.17 bits per heavy atom. The van der Waals surface area contributed by atoms with Crippen molar-refractivity contribution in [2.45, 2.75) is 44.1 Å². The standard InChI is InChI=1S/C23H31N3O4/c1-18(19-6-3-2-4-7-19)26-22(24-12-9-20-8-5-13-28-20)25-16-21-17-29-23(30-21)10-14-27-15-11-23/h2-8,13,18,21H,9-12,14-17H2,1H3,(H2,24,25,26). The van der Waals surface area contributed by atoms with E-state index in [4.69, 9.17) is 23.6 Å². The van der Waals surface area contributed by atoms with Crippen LogP contribution in [0, 0.1) is 0 Å². The monoisotopic (exact) mass is 413 g/mol. The van der Waals surface area contributed by atoms with E-state index in [-0.39, 0.29) is 12.1 Å².